The lowest BCUT2D eigenvalue weighted by Gasteiger charge is -2.12. The summed E-state index contributed by atoms with van der Waals surface area (Å²) in [4.78, 5) is 9.66. The maximum Gasteiger partial charge on any atom is 0.131 e. The summed E-state index contributed by atoms with van der Waals surface area (Å²) < 4.78 is 0.648. The van der Waals surface area contributed by atoms with Crippen LogP contribution in [0.1, 0.15) is 19.2 Å². The predicted octanol–water partition coefficient (Wildman–Crippen LogP) is 2.07. The van der Waals surface area contributed by atoms with Gasteiger partial charge in [0.25, 0.3) is 0 Å². The van der Waals surface area contributed by atoms with Crippen molar-refractivity contribution in [2.75, 3.05) is 32.5 Å². The molecule has 1 aromatic rings. The largest absolute Gasteiger partial charge is 0.370 e. The molecular formula is C11H20N4S. The summed E-state index contributed by atoms with van der Waals surface area (Å²) in [5, 5.41) is 3.31. The number of aromatic amines is 1. The quantitative estimate of drug-likeness (QED) is 0.747. The van der Waals surface area contributed by atoms with Crippen molar-refractivity contribution in [2.45, 2.75) is 19.8 Å². The van der Waals surface area contributed by atoms with E-state index in [2.05, 4.69) is 41.2 Å². The Hall–Kier alpha value is -0.940. The fraction of sp³-hybridized carbons (Fsp3) is 0.636. The van der Waals surface area contributed by atoms with E-state index in [0.29, 0.717) is 4.64 Å². The molecule has 0 atom stereocenters. The summed E-state index contributed by atoms with van der Waals surface area (Å²) in [7, 11) is 4.11. The summed E-state index contributed by atoms with van der Waals surface area (Å²) in [5.74, 6) is 1.92. The minimum Gasteiger partial charge on any atom is -0.370 e. The lowest BCUT2D eigenvalue weighted by molar-refractivity contribution is 0.425. The molecule has 0 spiro atoms. The van der Waals surface area contributed by atoms with E-state index in [9.17, 15) is 0 Å². The average Bonchev–Trinajstić information content (AvgIpc) is 2.16. The number of likely N-dealkylation sites (N-methyl/N-ethyl adjacent to an activating group) is 1. The number of H-pyrrole nitrogens is 1. The highest BCUT2D eigenvalue weighted by Crippen LogP contribution is 2.05. The zero-order valence-corrected chi connectivity index (χ0v) is 11.0. The van der Waals surface area contributed by atoms with Crippen molar-refractivity contribution in [3.63, 3.8) is 0 Å². The molecule has 16 heavy (non-hydrogen) atoms. The molecule has 90 valence electrons. The van der Waals surface area contributed by atoms with Gasteiger partial charge in [0.1, 0.15) is 16.3 Å². The Labute approximate surface area is 102 Å². The Morgan fingerprint density at radius 2 is 2.25 bits per heavy atom. The average molecular weight is 240 g/mol. The van der Waals surface area contributed by atoms with Crippen LogP contribution in [0, 0.1) is 4.64 Å². The molecule has 1 heterocycles. The molecule has 5 heteroatoms. The van der Waals surface area contributed by atoms with Gasteiger partial charge < -0.3 is 15.2 Å². The molecular weight excluding hydrogens is 220 g/mol. The van der Waals surface area contributed by atoms with Gasteiger partial charge in [0, 0.05) is 25.6 Å². The second kappa shape index (κ2) is 6.60. The van der Waals surface area contributed by atoms with Crippen molar-refractivity contribution >= 4 is 18.0 Å². The first-order valence-electron chi connectivity index (χ1n) is 5.60. The van der Waals surface area contributed by atoms with Gasteiger partial charge in [0.05, 0.1) is 0 Å². The fourth-order valence-electron chi connectivity index (χ4n) is 1.37. The Morgan fingerprint density at radius 3 is 2.88 bits per heavy atom. The van der Waals surface area contributed by atoms with Crippen LogP contribution >= 0.6 is 12.2 Å². The minimum atomic E-state index is 0.648. The van der Waals surface area contributed by atoms with Gasteiger partial charge in [-0.15, -0.1) is 0 Å². The normalized spacial score (nSPS) is 10.8. The van der Waals surface area contributed by atoms with E-state index < -0.39 is 0 Å². The summed E-state index contributed by atoms with van der Waals surface area (Å²) in [6.45, 7) is 4.02. The minimum absolute atomic E-state index is 0.648. The van der Waals surface area contributed by atoms with Crippen molar-refractivity contribution < 1.29 is 0 Å². The van der Waals surface area contributed by atoms with E-state index in [-0.39, 0.29) is 0 Å². The fourth-order valence-corrected chi connectivity index (χ4v) is 1.60. The van der Waals surface area contributed by atoms with Crippen LogP contribution in [0.5, 0.6) is 0 Å². The number of aryl methyl sites for hydroxylation is 1. The molecule has 0 bridgehead atoms. The summed E-state index contributed by atoms with van der Waals surface area (Å²) >= 11 is 5.12. The number of nitrogens with one attached hydrogen (secondary N) is 2. The SMILES string of the molecule is CCCc1nc(=S)cc(NCCN(C)C)[nH]1. The molecule has 0 aromatic carbocycles. The number of nitrogens with zero attached hydrogens (tertiary/aromatic N) is 2. The third-order valence-corrected chi connectivity index (χ3v) is 2.36. The van der Waals surface area contributed by atoms with Gasteiger partial charge >= 0.3 is 0 Å². The molecule has 2 N–H and O–H groups in total. The molecule has 0 aliphatic heterocycles. The van der Waals surface area contributed by atoms with Crippen LogP contribution < -0.4 is 5.32 Å². The van der Waals surface area contributed by atoms with Crippen LogP contribution in [-0.2, 0) is 6.42 Å². The van der Waals surface area contributed by atoms with E-state index in [1.807, 2.05) is 6.07 Å². The van der Waals surface area contributed by atoms with E-state index in [0.717, 1.165) is 37.6 Å². The summed E-state index contributed by atoms with van der Waals surface area (Å²) in [5.41, 5.74) is 0. The molecule has 4 nitrogen and oxygen atoms in total. The molecule has 0 saturated heterocycles. The van der Waals surface area contributed by atoms with E-state index in [1.54, 1.807) is 0 Å². The van der Waals surface area contributed by atoms with Gasteiger partial charge in [0.2, 0.25) is 0 Å². The standard InChI is InChI=1S/C11H20N4S/c1-4-5-9-13-10(8-11(16)14-9)12-6-7-15(2)3/h8H,4-7H2,1-3H3,(H2,12,13,14,16). The highest BCUT2D eigenvalue weighted by Gasteiger charge is 1.98. The van der Waals surface area contributed by atoms with E-state index in [4.69, 9.17) is 12.2 Å². The maximum atomic E-state index is 5.12. The summed E-state index contributed by atoms with van der Waals surface area (Å²) in [6.07, 6.45) is 2.01. The third-order valence-electron chi connectivity index (χ3n) is 2.15. The van der Waals surface area contributed by atoms with Crippen molar-refractivity contribution in [3.8, 4) is 0 Å². The molecule has 0 aliphatic carbocycles. The lowest BCUT2D eigenvalue weighted by Crippen LogP contribution is -2.21. The number of aromatic nitrogens is 2. The topological polar surface area (TPSA) is 44.0 Å². The van der Waals surface area contributed by atoms with Crippen molar-refractivity contribution in [1.82, 2.24) is 14.9 Å². The predicted molar refractivity (Wildman–Crippen MR) is 70.5 cm³/mol. The van der Waals surface area contributed by atoms with Crippen LogP contribution in [0.3, 0.4) is 0 Å². The molecule has 0 fully saturated rings. The van der Waals surface area contributed by atoms with Gasteiger partial charge in [-0.3, -0.25) is 0 Å². The number of hydrogen-bond acceptors (Lipinski definition) is 4. The van der Waals surface area contributed by atoms with Gasteiger partial charge in [-0.05, 0) is 20.5 Å². The van der Waals surface area contributed by atoms with Gasteiger partial charge in [-0.2, -0.15) is 0 Å². The number of anilines is 1. The lowest BCUT2D eigenvalue weighted by atomic mass is 10.3. The van der Waals surface area contributed by atoms with Gasteiger partial charge in [-0.1, -0.05) is 19.1 Å². The molecule has 0 radical (unpaired) electrons. The van der Waals surface area contributed by atoms with Gasteiger partial charge in [0.15, 0.2) is 0 Å². The second-order valence-electron chi connectivity index (χ2n) is 4.06. The highest BCUT2D eigenvalue weighted by molar-refractivity contribution is 7.71. The van der Waals surface area contributed by atoms with Gasteiger partial charge in [-0.25, -0.2) is 4.98 Å². The zero-order valence-electron chi connectivity index (χ0n) is 10.2. The Morgan fingerprint density at radius 1 is 1.50 bits per heavy atom. The highest BCUT2D eigenvalue weighted by atomic mass is 32.1. The Bertz CT molecular complexity index is 372. The molecule has 0 saturated carbocycles. The molecule has 0 aliphatic rings. The van der Waals surface area contributed by atoms with E-state index in [1.165, 1.54) is 0 Å². The first-order valence-corrected chi connectivity index (χ1v) is 6.01. The summed E-state index contributed by atoms with van der Waals surface area (Å²) in [6, 6.07) is 1.87. The van der Waals surface area contributed by atoms with Crippen LogP contribution in [-0.4, -0.2) is 42.1 Å². The maximum absolute atomic E-state index is 5.12. The van der Waals surface area contributed by atoms with E-state index >= 15 is 0 Å². The Kier molecular flexibility index (Phi) is 5.42. The molecule has 0 amide bonds. The first kappa shape index (κ1) is 13.1. The third kappa shape index (κ3) is 4.72. The Balaban J connectivity index is 2.61. The van der Waals surface area contributed by atoms with Crippen LogP contribution in [0.2, 0.25) is 0 Å². The number of rotatable bonds is 6. The van der Waals surface area contributed by atoms with Crippen LogP contribution in [0.15, 0.2) is 6.07 Å². The molecule has 1 rings (SSSR count). The number of hydrogen-bond donors (Lipinski definition) is 2. The molecule has 1 aromatic heterocycles. The van der Waals surface area contributed by atoms with Crippen LogP contribution in [0.4, 0.5) is 5.82 Å². The van der Waals surface area contributed by atoms with Crippen molar-refractivity contribution in [3.05, 3.63) is 16.5 Å². The monoisotopic (exact) mass is 240 g/mol. The van der Waals surface area contributed by atoms with Crippen molar-refractivity contribution in [1.29, 1.82) is 0 Å². The smallest absolute Gasteiger partial charge is 0.131 e. The molecule has 0 unspecified atom stereocenters. The van der Waals surface area contributed by atoms with Crippen molar-refractivity contribution in [2.24, 2.45) is 0 Å². The van der Waals surface area contributed by atoms with Crippen LogP contribution in [0.25, 0.3) is 0 Å². The second-order valence-corrected chi connectivity index (χ2v) is 4.48. The zero-order chi connectivity index (χ0) is 12.0. The first-order chi connectivity index (χ1) is 7.61.